The van der Waals surface area contributed by atoms with Crippen LogP contribution in [-0.2, 0) is 12.8 Å². The van der Waals surface area contributed by atoms with E-state index >= 15 is 0 Å². The van der Waals surface area contributed by atoms with E-state index in [1.165, 1.54) is 0 Å². The molecule has 184 valence electrons. The summed E-state index contributed by atoms with van der Waals surface area (Å²) >= 11 is 0. The van der Waals surface area contributed by atoms with Gasteiger partial charge in [-0.15, -0.1) is 10.2 Å². The molecule has 0 atom stereocenters. The second kappa shape index (κ2) is 9.85. The van der Waals surface area contributed by atoms with E-state index in [9.17, 15) is 4.79 Å². The van der Waals surface area contributed by atoms with Gasteiger partial charge in [-0.05, 0) is 72.4 Å². The summed E-state index contributed by atoms with van der Waals surface area (Å²) in [6.45, 7) is 0.467. The smallest absolute Gasteiger partial charge is 0.252 e. The first-order valence-electron chi connectivity index (χ1n) is 12.5. The second-order valence-corrected chi connectivity index (χ2v) is 9.18. The molecule has 7 heteroatoms. The minimum absolute atomic E-state index is 0.0747. The number of nitrogens with one attached hydrogen (secondary N) is 1. The third-order valence-electron chi connectivity index (χ3n) is 6.87. The lowest BCUT2D eigenvalue weighted by atomic mass is 9.85. The Morgan fingerprint density at radius 1 is 1.03 bits per heavy atom. The fraction of sp³-hybridized carbons (Fsp3) is 0.200. The van der Waals surface area contributed by atoms with E-state index in [4.69, 9.17) is 9.72 Å². The number of carbonyl (C=O) groups is 1. The standard InChI is InChI=1S/C30H27N5O2/c1-37-22-14-12-20(13-15-22)19-21-7-6-9-24-28(23-8-2-3-10-25(23)32-29(21)24)30(36)31-17-16-27-34-33-26-11-4-5-18-35(26)27/h2-5,8,10-15,18-19H,6-7,9,16-17H2,1H3,(H,31,36)/b21-19+. The number of para-hydroxylation sites is 1. The number of hydrogen-bond donors (Lipinski definition) is 1. The Hall–Kier alpha value is -4.52. The molecule has 6 rings (SSSR count). The fourth-order valence-electron chi connectivity index (χ4n) is 5.07. The summed E-state index contributed by atoms with van der Waals surface area (Å²) in [4.78, 5) is 18.7. The average molecular weight is 490 g/mol. The van der Waals surface area contributed by atoms with Crippen molar-refractivity contribution in [1.82, 2.24) is 24.9 Å². The van der Waals surface area contributed by atoms with Gasteiger partial charge in [0, 0.05) is 24.5 Å². The number of methoxy groups -OCH3 is 1. The van der Waals surface area contributed by atoms with Crippen molar-refractivity contribution in [3.05, 3.63) is 101 Å². The molecule has 5 aromatic rings. The van der Waals surface area contributed by atoms with E-state index in [1.54, 1.807) is 7.11 Å². The van der Waals surface area contributed by atoms with Crippen molar-refractivity contribution in [3.63, 3.8) is 0 Å². The number of fused-ring (bicyclic) bond motifs is 3. The normalized spacial score (nSPS) is 14.1. The van der Waals surface area contributed by atoms with Crippen LogP contribution in [0.3, 0.4) is 0 Å². The quantitative estimate of drug-likeness (QED) is 0.357. The van der Waals surface area contributed by atoms with Crippen LogP contribution in [-0.4, -0.2) is 39.1 Å². The van der Waals surface area contributed by atoms with Gasteiger partial charge < -0.3 is 10.1 Å². The van der Waals surface area contributed by atoms with Crippen LogP contribution < -0.4 is 10.1 Å². The van der Waals surface area contributed by atoms with E-state index in [1.807, 2.05) is 77.3 Å². The summed E-state index contributed by atoms with van der Waals surface area (Å²) in [5, 5.41) is 12.5. The van der Waals surface area contributed by atoms with Gasteiger partial charge in [-0.1, -0.05) is 36.4 Å². The molecule has 0 radical (unpaired) electrons. The van der Waals surface area contributed by atoms with Crippen LogP contribution in [0, 0.1) is 0 Å². The molecule has 0 fully saturated rings. The van der Waals surface area contributed by atoms with Crippen molar-refractivity contribution in [3.8, 4) is 5.75 Å². The Labute approximate surface area is 214 Å². The van der Waals surface area contributed by atoms with Crippen molar-refractivity contribution < 1.29 is 9.53 Å². The summed E-state index contributed by atoms with van der Waals surface area (Å²) < 4.78 is 7.25. The maximum atomic E-state index is 13.6. The van der Waals surface area contributed by atoms with Crippen LogP contribution >= 0.6 is 0 Å². The zero-order valence-corrected chi connectivity index (χ0v) is 20.6. The molecule has 0 bridgehead atoms. The first-order valence-corrected chi connectivity index (χ1v) is 12.5. The lowest BCUT2D eigenvalue weighted by Gasteiger charge is -2.23. The van der Waals surface area contributed by atoms with Crippen LogP contribution in [0.15, 0.2) is 72.9 Å². The Morgan fingerprint density at radius 3 is 2.73 bits per heavy atom. The number of aromatic nitrogens is 4. The summed E-state index contributed by atoms with van der Waals surface area (Å²) in [7, 11) is 1.67. The lowest BCUT2D eigenvalue weighted by Crippen LogP contribution is -2.28. The van der Waals surface area contributed by atoms with Gasteiger partial charge in [0.15, 0.2) is 5.65 Å². The summed E-state index contributed by atoms with van der Waals surface area (Å²) in [6, 6.07) is 21.7. The van der Waals surface area contributed by atoms with E-state index in [-0.39, 0.29) is 5.91 Å². The molecular weight excluding hydrogens is 462 g/mol. The minimum Gasteiger partial charge on any atom is -0.497 e. The lowest BCUT2D eigenvalue weighted by molar-refractivity contribution is 0.0954. The predicted octanol–water partition coefficient (Wildman–Crippen LogP) is 5.14. The highest BCUT2D eigenvalue weighted by Crippen LogP contribution is 2.36. The van der Waals surface area contributed by atoms with E-state index in [0.29, 0.717) is 13.0 Å². The monoisotopic (exact) mass is 489 g/mol. The Bertz CT molecular complexity index is 1640. The summed E-state index contributed by atoms with van der Waals surface area (Å²) in [5.74, 6) is 1.57. The molecule has 1 aliphatic carbocycles. The fourth-order valence-corrected chi connectivity index (χ4v) is 5.07. The highest BCUT2D eigenvalue weighted by Gasteiger charge is 2.25. The number of rotatable bonds is 6. The molecule has 3 aromatic heterocycles. The zero-order chi connectivity index (χ0) is 25.2. The molecule has 1 aliphatic rings. The average Bonchev–Trinajstić information content (AvgIpc) is 3.35. The van der Waals surface area contributed by atoms with Gasteiger partial charge in [-0.25, -0.2) is 4.98 Å². The predicted molar refractivity (Wildman–Crippen MR) is 145 cm³/mol. The molecule has 7 nitrogen and oxygen atoms in total. The number of allylic oxidation sites excluding steroid dienone is 1. The van der Waals surface area contributed by atoms with Crippen molar-refractivity contribution in [1.29, 1.82) is 0 Å². The third kappa shape index (κ3) is 4.44. The Kier molecular flexibility index (Phi) is 6.10. The first-order chi connectivity index (χ1) is 18.2. The Morgan fingerprint density at radius 2 is 1.86 bits per heavy atom. The van der Waals surface area contributed by atoms with Crippen LogP contribution in [0.5, 0.6) is 5.75 Å². The zero-order valence-electron chi connectivity index (χ0n) is 20.6. The molecule has 0 saturated heterocycles. The van der Waals surface area contributed by atoms with Crippen LogP contribution in [0.4, 0.5) is 0 Å². The van der Waals surface area contributed by atoms with Crippen molar-refractivity contribution in [2.45, 2.75) is 25.7 Å². The van der Waals surface area contributed by atoms with Crippen LogP contribution in [0.2, 0.25) is 0 Å². The molecule has 0 spiro atoms. The SMILES string of the molecule is COc1ccc(/C=C2\CCCc3c2nc2ccccc2c3C(=O)NCCc2nnc3ccccn23)cc1. The van der Waals surface area contributed by atoms with Gasteiger partial charge in [-0.2, -0.15) is 0 Å². The molecule has 1 N–H and O–H groups in total. The summed E-state index contributed by atoms with van der Waals surface area (Å²) in [5.41, 5.74) is 6.55. The van der Waals surface area contributed by atoms with Crippen molar-refractivity contribution in [2.75, 3.05) is 13.7 Å². The molecule has 1 amide bonds. The maximum Gasteiger partial charge on any atom is 0.252 e. The number of amides is 1. The van der Waals surface area contributed by atoms with Gasteiger partial charge >= 0.3 is 0 Å². The van der Waals surface area contributed by atoms with E-state index < -0.39 is 0 Å². The summed E-state index contributed by atoms with van der Waals surface area (Å²) in [6.07, 6.45) is 7.43. The third-order valence-corrected chi connectivity index (χ3v) is 6.87. The molecule has 2 aromatic carbocycles. The van der Waals surface area contributed by atoms with Gasteiger partial charge in [0.25, 0.3) is 5.91 Å². The number of benzene rings is 2. The molecule has 0 aliphatic heterocycles. The van der Waals surface area contributed by atoms with E-state index in [0.717, 1.165) is 75.3 Å². The number of hydrogen-bond acceptors (Lipinski definition) is 5. The highest BCUT2D eigenvalue weighted by atomic mass is 16.5. The van der Waals surface area contributed by atoms with Gasteiger partial charge in [-0.3, -0.25) is 9.20 Å². The van der Waals surface area contributed by atoms with Gasteiger partial charge in [0.1, 0.15) is 11.6 Å². The number of carbonyl (C=O) groups excluding carboxylic acids is 1. The number of ether oxygens (including phenoxy) is 1. The largest absolute Gasteiger partial charge is 0.497 e. The van der Waals surface area contributed by atoms with Gasteiger partial charge in [0.2, 0.25) is 0 Å². The second-order valence-electron chi connectivity index (χ2n) is 9.18. The minimum atomic E-state index is -0.0747. The molecule has 3 heterocycles. The molecule has 0 saturated carbocycles. The molecular formula is C30H27N5O2. The maximum absolute atomic E-state index is 13.6. The van der Waals surface area contributed by atoms with Crippen LogP contribution in [0.25, 0.3) is 28.2 Å². The molecule has 37 heavy (non-hydrogen) atoms. The highest BCUT2D eigenvalue weighted by molar-refractivity contribution is 6.09. The van der Waals surface area contributed by atoms with Crippen molar-refractivity contribution in [2.24, 2.45) is 0 Å². The van der Waals surface area contributed by atoms with Gasteiger partial charge in [0.05, 0.1) is 23.9 Å². The van der Waals surface area contributed by atoms with Crippen LogP contribution in [0.1, 0.15) is 45.8 Å². The topological polar surface area (TPSA) is 81.4 Å². The number of pyridine rings is 2. The number of nitrogens with zero attached hydrogens (tertiary/aromatic N) is 4. The van der Waals surface area contributed by atoms with Crippen molar-refractivity contribution >= 4 is 34.1 Å². The first kappa shape index (κ1) is 22.9. The molecule has 0 unspecified atom stereocenters. The Balaban J connectivity index is 1.33. The van der Waals surface area contributed by atoms with E-state index in [2.05, 4.69) is 21.6 Å².